The predicted molar refractivity (Wildman–Crippen MR) is 85.2 cm³/mol. The van der Waals surface area contributed by atoms with Crippen LogP contribution in [0.25, 0.3) is 0 Å². The molecule has 1 saturated heterocycles. The van der Waals surface area contributed by atoms with E-state index in [0.29, 0.717) is 11.8 Å². The molecular formula is C15H19NO9S. The topological polar surface area (TPSA) is 138 Å². The van der Waals surface area contributed by atoms with Crippen LogP contribution in [0.2, 0.25) is 0 Å². The first-order valence-electron chi connectivity index (χ1n) is 7.51. The van der Waals surface area contributed by atoms with E-state index >= 15 is 0 Å². The Balaban J connectivity index is 3.24. The average molecular weight is 389 g/mol. The van der Waals surface area contributed by atoms with Crippen LogP contribution in [0.3, 0.4) is 0 Å². The van der Waals surface area contributed by atoms with Gasteiger partial charge < -0.3 is 23.7 Å². The molecular weight excluding hydrogens is 370 g/mol. The van der Waals surface area contributed by atoms with E-state index in [-0.39, 0.29) is 6.61 Å². The summed E-state index contributed by atoms with van der Waals surface area (Å²) in [6.45, 7) is 4.24. The molecule has 26 heavy (non-hydrogen) atoms. The summed E-state index contributed by atoms with van der Waals surface area (Å²) in [4.78, 5) is 45.5. The van der Waals surface area contributed by atoms with E-state index in [1.807, 2.05) is 0 Å². The zero-order chi connectivity index (χ0) is 19.9. The molecule has 1 fully saturated rings. The molecule has 5 atom stereocenters. The van der Waals surface area contributed by atoms with Crippen LogP contribution in [0, 0.1) is 10.7 Å². The lowest BCUT2D eigenvalue weighted by Gasteiger charge is -2.43. The number of esters is 4. The molecule has 1 aliphatic rings. The zero-order valence-electron chi connectivity index (χ0n) is 14.6. The second-order valence-corrected chi connectivity index (χ2v) is 6.16. The number of nitriles is 1. The molecule has 0 aromatic heterocycles. The molecule has 0 amide bonds. The van der Waals surface area contributed by atoms with Gasteiger partial charge in [0.2, 0.25) is 0 Å². The second kappa shape index (κ2) is 9.98. The molecule has 0 aromatic rings. The third-order valence-corrected chi connectivity index (χ3v) is 3.83. The van der Waals surface area contributed by atoms with Gasteiger partial charge in [0.1, 0.15) is 18.1 Å². The van der Waals surface area contributed by atoms with E-state index in [2.05, 4.69) is 0 Å². The molecule has 0 bridgehead atoms. The van der Waals surface area contributed by atoms with Gasteiger partial charge in [-0.15, -0.1) is 0 Å². The summed E-state index contributed by atoms with van der Waals surface area (Å²) in [7, 11) is 0. The monoisotopic (exact) mass is 389 g/mol. The van der Waals surface area contributed by atoms with Gasteiger partial charge in [-0.2, -0.15) is 5.26 Å². The summed E-state index contributed by atoms with van der Waals surface area (Å²) in [5.41, 5.74) is -1.05. The second-order valence-electron chi connectivity index (χ2n) is 5.28. The van der Waals surface area contributed by atoms with Gasteiger partial charge in [-0.3, -0.25) is 19.2 Å². The first-order valence-corrected chi connectivity index (χ1v) is 8.38. The van der Waals surface area contributed by atoms with Crippen molar-refractivity contribution in [2.45, 2.75) is 57.5 Å². The molecule has 1 heterocycles. The number of carbonyl (C=O) groups is 4. The van der Waals surface area contributed by atoms with Crippen molar-refractivity contribution < 1.29 is 42.9 Å². The molecule has 1 rings (SSSR count). The van der Waals surface area contributed by atoms with E-state index in [9.17, 15) is 19.2 Å². The number of thioether (sulfide) groups is 1. The number of thiocyanates is 1. The van der Waals surface area contributed by atoms with Gasteiger partial charge in [0.15, 0.2) is 23.7 Å². The molecule has 0 saturated carbocycles. The normalized spacial score (nSPS) is 27.6. The molecule has 0 unspecified atom stereocenters. The van der Waals surface area contributed by atoms with E-state index in [0.717, 1.165) is 20.8 Å². The summed E-state index contributed by atoms with van der Waals surface area (Å²) in [5.74, 6) is -2.75. The number of nitrogens with zero attached hydrogens (tertiary/aromatic N) is 1. The van der Waals surface area contributed by atoms with Crippen molar-refractivity contribution in [1.29, 1.82) is 5.26 Å². The Morgan fingerprint density at radius 3 is 1.85 bits per heavy atom. The fraction of sp³-hybridized carbons (Fsp3) is 0.667. The Bertz CT molecular complexity index is 602. The molecule has 0 aliphatic carbocycles. The minimum Gasteiger partial charge on any atom is -0.463 e. The SMILES string of the molecule is CC(=O)OC[C@H]1O[C@@H](SC#N)[C@H](OC(C)=O)[C@@H](OC(C)=O)[C@H]1OC(C)=O. The van der Waals surface area contributed by atoms with Gasteiger partial charge in [-0.1, -0.05) is 0 Å². The van der Waals surface area contributed by atoms with Gasteiger partial charge in [-0.05, 0) is 11.8 Å². The lowest BCUT2D eigenvalue weighted by atomic mass is 9.99. The summed E-state index contributed by atoms with van der Waals surface area (Å²) in [5, 5.41) is 10.8. The maximum atomic E-state index is 11.5. The summed E-state index contributed by atoms with van der Waals surface area (Å²) >= 11 is 0.626. The van der Waals surface area contributed by atoms with Crippen LogP contribution in [0.5, 0.6) is 0 Å². The highest BCUT2D eigenvalue weighted by Gasteiger charge is 2.52. The zero-order valence-corrected chi connectivity index (χ0v) is 15.4. The quantitative estimate of drug-likeness (QED) is 0.352. The molecule has 0 radical (unpaired) electrons. The van der Waals surface area contributed by atoms with Crippen LogP contribution in [-0.2, 0) is 42.9 Å². The van der Waals surface area contributed by atoms with E-state index in [1.54, 1.807) is 5.40 Å². The van der Waals surface area contributed by atoms with Crippen LogP contribution >= 0.6 is 11.8 Å². The molecule has 0 spiro atoms. The highest BCUT2D eigenvalue weighted by molar-refractivity contribution is 8.04. The van der Waals surface area contributed by atoms with Crippen molar-refractivity contribution in [3.63, 3.8) is 0 Å². The Kier molecular flexibility index (Phi) is 8.34. The van der Waals surface area contributed by atoms with Gasteiger partial charge in [0.05, 0.1) is 0 Å². The van der Waals surface area contributed by atoms with Gasteiger partial charge >= 0.3 is 23.9 Å². The van der Waals surface area contributed by atoms with Crippen molar-refractivity contribution in [1.82, 2.24) is 0 Å². The largest absolute Gasteiger partial charge is 0.463 e. The Hall–Kier alpha value is -2.32. The van der Waals surface area contributed by atoms with E-state index in [1.165, 1.54) is 6.92 Å². The molecule has 1 aliphatic heterocycles. The van der Waals surface area contributed by atoms with E-state index < -0.39 is 53.7 Å². The van der Waals surface area contributed by atoms with Crippen molar-refractivity contribution in [2.24, 2.45) is 0 Å². The van der Waals surface area contributed by atoms with Gasteiger partial charge in [-0.25, -0.2) is 0 Å². The Morgan fingerprint density at radius 2 is 1.38 bits per heavy atom. The fourth-order valence-electron chi connectivity index (χ4n) is 2.34. The third kappa shape index (κ3) is 6.53. The maximum absolute atomic E-state index is 11.5. The van der Waals surface area contributed by atoms with Crippen molar-refractivity contribution in [3.05, 3.63) is 0 Å². The molecule has 10 nitrogen and oxygen atoms in total. The summed E-state index contributed by atoms with van der Waals surface area (Å²) in [6.07, 6.45) is -4.71. The van der Waals surface area contributed by atoms with Crippen LogP contribution < -0.4 is 0 Å². The smallest absolute Gasteiger partial charge is 0.303 e. The Labute approximate surface area is 154 Å². The minimum absolute atomic E-state index is 0.319. The van der Waals surface area contributed by atoms with Crippen molar-refractivity contribution in [2.75, 3.05) is 6.61 Å². The van der Waals surface area contributed by atoms with Crippen LogP contribution in [-0.4, -0.2) is 60.3 Å². The fourth-order valence-corrected chi connectivity index (χ4v) is 2.98. The number of carbonyl (C=O) groups excluding carboxylic acids is 4. The highest BCUT2D eigenvalue weighted by atomic mass is 32.2. The highest BCUT2D eigenvalue weighted by Crippen LogP contribution is 2.33. The molecule has 144 valence electrons. The van der Waals surface area contributed by atoms with E-state index in [4.69, 9.17) is 28.9 Å². The number of rotatable bonds is 6. The van der Waals surface area contributed by atoms with Gasteiger partial charge in [0, 0.05) is 27.7 Å². The standard InChI is InChI=1S/C15H19NO9S/c1-7(17)21-5-11-12(22-8(2)18)13(23-9(3)19)14(24-10(4)20)15(25-11)26-6-16/h11-15H,5H2,1-4H3/t11-,12+,13+,14-,15+/m1/s1. The number of hydrogen-bond acceptors (Lipinski definition) is 11. The van der Waals surface area contributed by atoms with Crippen LogP contribution in [0.4, 0.5) is 0 Å². The number of ether oxygens (including phenoxy) is 5. The summed E-state index contributed by atoms with van der Waals surface area (Å²) < 4.78 is 26.0. The van der Waals surface area contributed by atoms with Crippen molar-refractivity contribution >= 4 is 35.6 Å². The lowest BCUT2D eigenvalue weighted by molar-refractivity contribution is -0.237. The predicted octanol–water partition coefficient (Wildman–Crippen LogP) is 0.284. The maximum Gasteiger partial charge on any atom is 0.303 e. The number of hydrogen-bond donors (Lipinski definition) is 0. The van der Waals surface area contributed by atoms with Crippen molar-refractivity contribution in [3.8, 4) is 5.40 Å². The molecule has 11 heteroatoms. The average Bonchev–Trinajstić information content (AvgIpc) is 2.50. The minimum atomic E-state index is -1.25. The first-order chi connectivity index (χ1) is 12.1. The molecule has 0 N–H and O–H groups in total. The Morgan fingerprint density at radius 1 is 0.885 bits per heavy atom. The van der Waals surface area contributed by atoms with Crippen LogP contribution in [0.15, 0.2) is 0 Å². The molecule has 0 aromatic carbocycles. The lowest BCUT2D eigenvalue weighted by Crippen LogP contribution is -2.61. The third-order valence-electron chi connectivity index (χ3n) is 3.12. The van der Waals surface area contributed by atoms with Gasteiger partial charge in [0.25, 0.3) is 0 Å². The van der Waals surface area contributed by atoms with Crippen LogP contribution in [0.1, 0.15) is 27.7 Å². The summed E-state index contributed by atoms with van der Waals surface area (Å²) in [6, 6.07) is 0. The first kappa shape index (κ1) is 21.7.